The third-order valence-corrected chi connectivity index (χ3v) is 3.89. The molecule has 4 nitrogen and oxygen atoms in total. The normalized spacial score (nSPS) is 22.2. The number of ether oxygens (including phenoxy) is 1. The van der Waals surface area contributed by atoms with E-state index in [1.165, 1.54) is 38.6 Å². The number of hydrogen-bond donors (Lipinski definition) is 0. The van der Waals surface area contributed by atoms with Crippen LogP contribution >= 0.6 is 0 Å². The molecule has 4 heteroatoms. The standard InChI is InChI=1S/C13H24N2O2/c1-14(11-12-5-3-2-4-6-12)7-8-15-9-10-17-13(15)16/h12H,2-11H2,1H3. The van der Waals surface area contributed by atoms with Crippen LogP contribution in [0.1, 0.15) is 32.1 Å². The van der Waals surface area contributed by atoms with E-state index in [0.29, 0.717) is 6.61 Å². The first kappa shape index (κ1) is 12.7. The summed E-state index contributed by atoms with van der Waals surface area (Å²) in [6.45, 7) is 4.28. The number of carbonyl (C=O) groups excluding carboxylic acids is 1. The van der Waals surface area contributed by atoms with Crippen LogP contribution in [0.15, 0.2) is 0 Å². The Bertz CT molecular complexity index is 252. The lowest BCUT2D eigenvalue weighted by molar-refractivity contribution is 0.153. The van der Waals surface area contributed by atoms with Gasteiger partial charge in [0.05, 0.1) is 6.54 Å². The van der Waals surface area contributed by atoms with Gasteiger partial charge in [0.2, 0.25) is 0 Å². The van der Waals surface area contributed by atoms with Crippen LogP contribution in [0.25, 0.3) is 0 Å². The van der Waals surface area contributed by atoms with Crippen molar-refractivity contribution in [3.05, 3.63) is 0 Å². The zero-order chi connectivity index (χ0) is 12.1. The van der Waals surface area contributed by atoms with Crippen molar-refractivity contribution < 1.29 is 9.53 Å². The summed E-state index contributed by atoms with van der Waals surface area (Å²) in [4.78, 5) is 15.4. The molecule has 2 rings (SSSR count). The molecule has 1 aliphatic carbocycles. The van der Waals surface area contributed by atoms with Crippen molar-refractivity contribution in [2.45, 2.75) is 32.1 Å². The van der Waals surface area contributed by atoms with Gasteiger partial charge < -0.3 is 14.5 Å². The lowest BCUT2D eigenvalue weighted by Gasteiger charge is -2.27. The predicted molar refractivity (Wildman–Crippen MR) is 67.0 cm³/mol. The summed E-state index contributed by atoms with van der Waals surface area (Å²) in [6.07, 6.45) is 6.84. The van der Waals surface area contributed by atoms with Gasteiger partial charge in [-0.25, -0.2) is 4.79 Å². The minimum atomic E-state index is -0.143. The highest BCUT2D eigenvalue weighted by molar-refractivity contribution is 5.69. The molecule has 0 aromatic heterocycles. The molecule has 1 aliphatic heterocycles. The van der Waals surface area contributed by atoms with Gasteiger partial charge in [0.15, 0.2) is 0 Å². The first-order chi connectivity index (χ1) is 8.25. The molecular weight excluding hydrogens is 216 g/mol. The Morgan fingerprint density at radius 2 is 2.12 bits per heavy atom. The first-order valence-electron chi connectivity index (χ1n) is 6.86. The van der Waals surface area contributed by atoms with Crippen molar-refractivity contribution in [2.75, 3.05) is 39.8 Å². The van der Waals surface area contributed by atoms with E-state index in [1.807, 2.05) is 0 Å². The average molecular weight is 240 g/mol. The van der Waals surface area contributed by atoms with Gasteiger partial charge in [-0.1, -0.05) is 19.3 Å². The van der Waals surface area contributed by atoms with Crippen LogP contribution in [-0.4, -0.2) is 55.7 Å². The molecule has 0 spiro atoms. The van der Waals surface area contributed by atoms with Crippen molar-refractivity contribution >= 4 is 6.09 Å². The molecule has 0 N–H and O–H groups in total. The van der Waals surface area contributed by atoms with Crippen LogP contribution in [0.3, 0.4) is 0 Å². The molecule has 0 aromatic carbocycles. The number of carbonyl (C=O) groups is 1. The number of likely N-dealkylation sites (N-methyl/N-ethyl adjacent to an activating group) is 1. The van der Waals surface area contributed by atoms with Crippen LogP contribution in [0.4, 0.5) is 4.79 Å². The Kier molecular flexibility index (Phi) is 4.66. The van der Waals surface area contributed by atoms with E-state index in [1.54, 1.807) is 4.90 Å². The van der Waals surface area contributed by atoms with Crippen molar-refractivity contribution in [3.63, 3.8) is 0 Å². The Hall–Kier alpha value is -0.770. The molecule has 0 unspecified atom stereocenters. The summed E-state index contributed by atoms with van der Waals surface area (Å²) in [5.74, 6) is 0.874. The molecule has 0 aromatic rings. The van der Waals surface area contributed by atoms with Crippen LogP contribution in [-0.2, 0) is 4.74 Å². The second-order valence-electron chi connectivity index (χ2n) is 5.37. The van der Waals surface area contributed by atoms with Gasteiger partial charge in [-0.05, 0) is 25.8 Å². The molecule has 17 heavy (non-hydrogen) atoms. The van der Waals surface area contributed by atoms with E-state index in [-0.39, 0.29) is 6.09 Å². The molecule has 0 atom stereocenters. The number of hydrogen-bond acceptors (Lipinski definition) is 3. The van der Waals surface area contributed by atoms with E-state index >= 15 is 0 Å². The van der Waals surface area contributed by atoms with Gasteiger partial charge in [0.1, 0.15) is 6.61 Å². The summed E-state index contributed by atoms with van der Waals surface area (Å²) < 4.78 is 4.92. The van der Waals surface area contributed by atoms with Crippen LogP contribution in [0.5, 0.6) is 0 Å². The quantitative estimate of drug-likeness (QED) is 0.736. The van der Waals surface area contributed by atoms with E-state index in [2.05, 4.69) is 11.9 Å². The Labute approximate surface area is 104 Å². The van der Waals surface area contributed by atoms with Gasteiger partial charge in [-0.2, -0.15) is 0 Å². The molecular formula is C13H24N2O2. The first-order valence-corrected chi connectivity index (χ1v) is 6.86. The molecule has 0 bridgehead atoms. The summed E-state index contributed by atoms with van der Waals surface area (Å²) in [7, 11) is 2.16. The largest absolute Gasteiger partial charge is 0.448 e. The molecule has 98 valence electrons. The molecule has 0 radical (unpaired) electrons. The van der Waals surface area contributed by atoms with Crippen molar-refractivity contribution in [2.24, 2.45) is 5.92 Å². The van der Waals surface area contributed by atoms with Crippen LogP contribution in [0.2, 0.25) is 0 Å². The second kappa shape index (κ2) is 6.24. The average Bonchev–Trinajstić information content (AvgIpc) is 2.74. The second-order valence-corrected chi connectivity index (χ2v) is 5.37. The maximum Gasteiger partial charge on any atom is 0.409 e. The maximum absolute atomic E-state index is 11.3. The topological polar surface area (TPSA) is 32.8 Å². The molecule has 1 heterocycles. The van der Waals surface area contributed by atoms with E-state index in [9.17, 15) is 4.79 Å². The summed E-state index contributed by atoms with van der Waals surface area (Å²) in [5, 5.41) is 0. The number of amides is 1. The lowest BCUT2D eigenvalue weighted by atomic mass is 9.89. The zero-order valence-corrected chi connectivity index (χ0v) is 10.9. The fourth-order valence-corrected chi connectivity index (χ4v) is 2.82. The third kappa shape index (κ3) is 3.87. The lowest BCUT2D eigenvalue weighted by Crippen LogP contribution is -2.36. The monoisotopic (exact) mass is 240 g/mol. The highest BCUT2D eigenvalue weighted by Crippen LogP contribution is 2.23. The number of cyclic esters (lactones) is 1. The minimum absolute atomic E-state index is 0.143. The Morgan fingerprint density at radius 1 is 1.35 bits per heavy atom. The summed E-state index contributed by atoms with van der Waals surface area (Å²) in [5.41, 5.74) is 0. The molecule has 2 fully saturated rings. The molecule has 1 saturated carbocycles. The van der Waals surface area contributed by atoms with Crippen molar-refractivity contribution in [3.8, 4) is 0 Å². The summed E-state index contributed by atoms with van der Waals surface area (Å²) >= 11 is 0. The Morgan fingerprint density at radius 3 is 2.76 bits per heavy atom. The Balaban J connectivity index is 1.62. The maximum atomic E-state index is 11.3. The van der Waals surface area contributed by atoms with Gasteiger partial charge in [-0.15, -0.1) is 0 Å². The molecule has 2 aliphatic rings. The number of nitrogens with zero attached hydrogens (tertiary/aromatic N) is 2. The minimum Gasteiger partial charge on any atom is -0.448 e. The SMILES string of the molecule is CN(CCN1CCOC1=O)CC1CCCCC1. The predicted octanol–water partition coefficient (Wildman–Crippen LogP) is 1.95. The fourth-order valence-electron chi connectivity index (χ4n) is 2.82. The van der Waals surface area contributed by atoms with E-state index in [0.717, 1.165) is 25.6 Å². The van der Waals surface area contributed by atoms with Gasteiger partial charge in [-0.3, -0.25) is 0 Å². The third-order valence-electron chi connectivity index (χ3n) is 3.89. The molecule has 1 saturated heterocycles. The summed E-state index contributed by atoms with van der Waals surface area (Å²) in [6, 6.07) is 0. The van der Waals surface area contributed by atoms with E-state index < -0.39 is 0 Å². The molecule has 1 amide bonds. The van der Waals surface area contributed by atoms with Crippen LogP contribution in [0, 0.1) is 5.92 Å². The fraction of sp³-hybridized carbons (Fsp3) is 0.923. The zero-order valence-electron chi connectivity index (χ0n) is 10.9. The van der Waals surface area contributed by atoms with Gasteiger partial charge >= 0.3 is 6.09 Å². The van der Waals surface area contributed by atoms with Crippen molar-refractivity contribution in [1.82, 2.24) is 9.80 Å². The smallest absolute Gasteiger partial charge is 0.409 e. The van der Waals surface area contributed by atoms with E-state index in [4.69, 9.17) is 4.74 Å². The van der Waals surface area contributed by atoms with Crippen molar-refractivity contribution in [1.29, 1.82) is 0 Å². The van der Waals surface area contributed by atoms with Gasteiger partial charge in [0, 0.05) is 19.6 Å². The highest BCUT2D eigenvalue weighted by atomic mass is 16.6. The van der Waals surface area contributed by atoms with Crippen LogP contribution < -0.4 is 0 Å². The highest BCUT2D eigenvalue weighted by Gasteiger charge is 2.22. The number of rotatable bonds is 5. The van der Waals surface area contributed by atoms with Gasteiger partial charge in [0.25, 0.3) is 0 Å².